The van der Waals surface area contributed by atoms with E-state index in [4.69, 9.17) is 6.42 Å². The van der Waals surface area contributed by atoms with E-state index in [-0.39, 0.29) is 29.8 Å². The molecule has 2 aliphatic heterocycles. The van der Waals surface area contributed by atoms with Gasteiger partial charge in [-0.1, -0.05) is 12.0 Å². The molecular formula is C14H14N2O2S. The van der Waals surface area contributed by atoms with Crippen molar-refractivity contribution in [2.75, 3.05) is 14.1 Å². The lowest BCUT2D eigenvalue weighted by atomic mass is 9.89. The number of likely N-dealkylation sites (tertiary alicyclic amines) is 2. The fraction of sp³-hybridized carbons (Fsp3) is 0.429. The lowest BCUT2D eigenvalue weighted by Crippen LogP contribution is -2.37. The molecule has 4 atom stereocenters. The summed E-state index contributed by atoms with van der Waals surface area (Å²) in [6.45, 7) is 0. The molecular weight excluding hydrogens is 260 g/mol. The number of rotatable bonds is 1. The first-order valence-electron chi connectivity index (χ1n) is 6.10. The van der Waals surface area contributed by atoms with Crippen LogP contribution in [0.1, 0.15) is 10.9 Å². The molecule has 98 valence electrons. The summed E-state index contributed by atoms with van der Waals surface area (Å²) < 4.78 is 0. The van der Waals surface area contributed by atoms with Crippen molar-refractivity contribution in [1.29, 1.82) is 0 Å². The summed E-state index contributed by atoms with van der Waals surface area (Å²) >= 11 is 1.60. The second kappa shape index (κ2) is 4.19. The Bertz CT molecular complexity index is 575. The fourth-order valence-electron chi connectivity index (χ4n) is 3.26. The second-order valence-electron chi connectivity index (χ2n) is 5.02. The molecule has 0 aliphatic carbocycles. The van der Waals surface area contributed by atoms with Crippen molar-refractivity contribution < 1.29 is 9.59 Å². The number of nitrogens with zero attached hydrogens (tertiary/aromatic N) is 2. The van der Waals surface area contributed by atoms with Crippen LogP contribution in [0.25, 0.3) is 0 Å². The highest BCUT2D eigenvalue weighted by atomic mass is 32.1. The zero-order valence-corrected chi connectivity index (χ0v) is 11.6. The Kier molecular flexibility index (Phi) is 2.73. The Hall–Kier alpha value is -1.64. The first-order chi connectivity index (χ1) is 9.07. The van der Waals surface area contributed by atoms with Crippen LogP contribution < -0.4 is 0 Å². The van der Waals surface area contributed by atoms with Gasteiger partial charge in [-0.15, -0.1) is 17.8 Å². The van der Waals surface area contributed by atoms with Gasteiger partial charge in [0.2, 0.25) is 11.8 Å². The van der Waals surface area contributed by atoms with Crippen molar-refractivity contribution in [3.63, 3.8) is 0 Å². The number of amides is 2. The van der Waals surface area contributed by atoms with E-state index in [0.29, 0.717) is 0 Å². The number of carbonyl (C=O) groups excluding carboxylic acids is 2. The minimum absolute atomic E-state index is 0.0903. The summed E-state index contributed by atoms with van der Waals surface area (Å²) in [5, 5.41) is 1.98. The topological polar surface area (TPSA) is 40.6 Å². The second-order valence-corrected chi connectivity index (χ2v) is 6.00. The maximum Gasteiger partial charge on any atom is 0.235 e. The van der Waals surface area contributed by atoms with E-state index in [2.05, 4.69) is 5.92 Å². The van der Waals surface area contributed by atoms with E-state index in [1.807, 2.05) is 29.5 Å². The van der Waals surface area contributed by atoms with Crippen LogP contribution in [0.2, 0.25) is 0 Å². The smallest absolute Gasteiger partial charge is 0.235 e. The molecule has 1 aromatic heterocycles. The molecule has 3 rings (SSSR count). The zero-order chi connectivity index (χ0) is 13.7. The maximum atomic E-state index is 12.3. The van der Waals surface area contributed by atoms with Crippen LogP contribution in [0.3, 0.4) is 0 Å². The van der Waals surface area contributed by atoms with Gasteiger partial charge < -0.3 is 0 Å². The van der Waals surface area contributed by atoms with Crippen LogP contribution in [0, 0.1) is 24.2 Å². The molecule has 5 heteroatoms. The number of hydrogen-bond acceptors (Lipinski definition) is 4. The van der Waals surface area contributed by atoms with E-state index in [9.17, 15) is 9.59 Å². The fourth-order valence-corrected chi connectivity index (χ4v) is 4.19. The summed E-state index contributed by atoms with van der Waals surface area (Å²) in [6.07, 6.45) is 5.58. The molecule has 4 nitrogen and oxygen atoms in total. The van der Waals surface area contributed by atoms with Gasteiger partial charge in [0.1, 0.15) is 0 Å². The third-order valence-corrected chi connectivity index (χ3v) is 5.12. The predicted octanol–water partition coefficient (Wildman–Crippen LogP) is 0.967. The molecule has 0 bridgehead atoms. The summed E-state index contributed by atoms with van der Waals surface area (Å²) in [4.78, 5) is 28.8. The largest absolute Gasteiger partial charge is 0.285 e. The van der Waals surface area contributed by atoms with Crippen LogP contribution in [0.5, 0.6) is 0 Å². The zero-order valence-electron chi connectivity index (χ0n) is 10.7. The Balaban J connectivity index is 2.10. The number of carbonyl (C=O) groups is 2. The molecule has 0 aromatic carbocycles. The van der Waals surface area contributed by atoms with Crippen LogP contribution in [0.15, 0.2) is 17.5 Å². The molecule has 0 saturated carbocycles. The minimum Gasteiger partial charge on any atom is -0.285 e. The SMILES string of the molecule is C#C[C@H]1[C@@H]2C(=O)N(C)C(=O)[C@@H]2[C@H](c2cccs2)N1C. The Labute approximate surface area is 116 Å². The molecule has 0 unspecified atom stereocenters. The number of imide groups is 1. The molecule has 2 amide bonds. The lowest BCUT2D eigenvalue weighted by molar-refractivity contribution is -0.139. The maximum absolute atomic E-state index is 12.3. The van der Waals surface area contributed by atoms with E-state index in [1.165, 1.54) is 4.90 Å². The number of hydrogen-bond donors (Lipinski definition) is 0. The third-order valence-electron chi connectivity index (χ3n) is 4.18. The molecule has 19 heavy (non-hydrogen) atoms. The Morgan fingerprint density at radius 3 is 2.53 bits per heavy atom. The number of thiophene rings is 1. The van der Waals surface area contributed by atoms with E-state index in [0.717, 1.165) is 4.88 Å². The van der Waals surface area contributed by atoms with Gasteiger partial charge in [-0.25, -0.2) is 0 Å². The highest BCUT2D eigenvalue weighted by Gasteiger charge is 2.60. The van der Waals surface area contributed by atoms with Crippen LogP contribution >= 0.6 is 11.3 Å². The Morgan fingerprint density at radius 1 is 1.26 bits per heavy atom. The van der Waals surface area contributed by atoms with Crippen LogP contribution in [-0.2, 0) is 9.59 Å². The average Bonchev–Trinajstić information content (AvgIpc) is 3.05. The quantitative estimate of drug-likeness (QED) is 0.566. The van der Waals surface area contributed by atoms with Gasteiger partial charge in [0.05, 0.1) is 23.9 Å². The highest BCUT2D eigenvalue weighted by Crippen LogP contribution is 2.49. The first-order valence-corrected chi connectivity index (χ1v) is 6.98. The van der Waals surface area contributed by atoms with Crippen molar-refractivity contribution in [3.05, 3.63) is 22.4 Å². The van der Waals surface area contributed by atoms with Crippen molar-refractivity contribution in [1.82, 2.24) is 9.80 Å². The number of fused-ring (bicyclic) bond motifs is 1. The van der Waals surface area contributed by atoms with Crippen molar-refractivity contribution in [3.8, 4) is 12.3 Å². The van der Waals surface area contributed by atoms with Gasteiger partial charge in [0, 0.05) is 11.9 Å². The van der Waals surface area contributed by atoms with Gasteiger partial charge in [0.15, 0.2) is 0 Å². The van der Waals surface area contributed by atoms with Crippen LogP contribution in [-0.4, -0.2) is 41.8 Å². The Morgan fingerprint density at radius 2 is 1.95 bits per heavy atom. The van der Waals surface area contributed by atoms with E-state index in [1.54, 1.807) is 18.4 Å². The van der Waals surface area contributed by atoms with E-state index < -0.39 is 5.92 Å². The molecule has 0 N–H and O–H groups in total. The molecule has 2 saturated heterocycles. The van der Waals surface area contributed by atoms with Gasteiger partial charge >= 0.3 is 0 Å². The van der Waals surface area contributed by atoms with Crippen molar-refractivity contribution in [2.45, 2.75) is 12.1 Å². The van der Waals surface area contributed by atoms with Crippen molar-refractivity contribution >= 4 is 23.2 Å². The van der Waals surface area contributed by atoms with E-state index >= 15 is 0 Å². The summed E-state index contributed by atoms with van der Waals surface area (Å²) in [7, 11) is 3.44. The molecule has 2 fully saturated rings. The predicted molar refractivity (Wildman–Crippen MR) is 72.2 cm³/mol. The van der Waals surface area contributed by atoms with Crippen LogP contribution in [0.4, 0.5) is 0 Å². The highest BCUT2D eigenvalue weighted by molar-refractivity contribution is 7.10. The van der Waals surface area contributed by atoms with Gasteiger partial charge in [-0.3, -0.25) is 19.4 Å². The van der Waals surface area contributed by atoms with Gasteiger partial charge in [-0.05, 0) is 18.5 Å². The van der Waals surface area contributed by atoms with Gasteiger partial charge in [-0.2, -0.15) is 0 Å². The summed E-state index contributed by atoms with van der Waals surface area (Å²) in [5.41, 5.74) is 0. The third kappa shape index (κ3) is 1.50. The van der Waals surface area contributed by atoms with Crippen molar-refractivity contribution in [2.24, 2.45) is 11.8 Å². The molecule has 0 radical (unpaired) electrons. The molecule has 3 heterocycles. The standard InChI is InChI=1S/C14H14N2O2S/c1-4-8-10-11(14(18)16(3)13(10)17)12(15(8)2)9-6-5-7-19-9/h1,5-8,10-12H,2-3H3/t8-,10-,11-,12-/m0/s1. The molecule has 1 aromatic rings. The molecule has 0 spiro atoms. The monoisotopic (exact) mass is 274 g/mol. The molecule has 2 aliphatic rings. The minimum atomic E-state index is -0.403. The first kappa shape index (κ1) is 12.4. The summed E-state index contributed by atoms with van der Waals surface area (Å²) in [5.74, 6) is 1.67. The summed E-state index contributed by atoms with van der Waals surface area (Å²) in [6, 6.07) is 3.56. The normalized spacial score (nSPS) is 34.7. The average molecular weight is 274 g/mol. The lowest BCUT2D eigenvalue weighted by Gasteiger charge is -2.25. The van der Waals surface area contributed by atoms with Gasteiger partial charge in [0.25, 0.3) is 0 Å². The number of terminal acetylenes is 1.